The Morgan fingerprint density at radius 1 is 1.15 bits per heavy atom. The van der Waals surface area contributed by atoms with Gasteiger partial charge in [-0.25, -0.2) is 0 Å². The van der Waals surface area contributed by atoms with E-state index in [1.165, 1.54) is 33.9 Å². The van der Waals surface area contributed by atoms with E-state index >= 15 is 0 Å². The zero-order chi connectivity index (χ0) is 13.7. The quantitative estimate of drug-likeness (QED) is 0.720. The summed E-state index contributed by atoms with van der Waals surface area (Å²) in [4.78, 5) is 0. The van der Waals surface area contributed by atoms with Crippen LogP contribution in [0.1, 0.15) is 12.5 Å². The van der Waals surface area contributed by atoms with Gasteiger partial charge >= 0.3 is 0 Å². The van der Waals surface area contributed by atoms with Crippen molar-refractivity contribution in [2.75, 3.05) is 6.54 Å². The van der Waals surface area contributed by atoms with Gasteiger partial charge in [-0.2, -0.15) is 0 Å². The zero-order valence-corrected chi connectivity index (χ0v) is 12.1. The highest BCUT2D eigenvalue weighted by Crippen LogP contribution is 2.29. The van der Waals surface area contributed by atoms with E-state index < -0.39 is 0 Å². The van der Waals surface area contributed by atoms with E-state index in [9.17, 15) is 0 Å². The highest BCUT2D eigenvalue weighted by atomic mass is 15.1. The maximum Gasteiger partial charge on any atom is 0.0488 e. The fraction of sp³-hybridized carbons (Fsp3) is 0.333. The predicted molar refractivity (Wildman–Crippen MR) is 85.1 cm³/mol. The molecule has 1 fully saturated rings. The third-order valence-corrected chi connectivity index (χ3v) is 4.66. The molecule has 1 aliphatic heterocycles. The number of aryl methyl sites for hydroxylation is 1. The number of hydrogen-bond acceptors (Lipinski definition) is 1. The number of nitrogens with one attached hydrogen (secondary N) is 1. The summed E-state index contributed by atoms with van der Waals surface area (Å²) in [7, 11) is 2.15. The van der Waals surface area contributed by atoms with Gasteiger partial charge in [0.25, 0.3) is 0 Å². The molecular formula is C18H20N2. The summed E-state index contributed by atoms with van der Waals surface area (Å²) in [5.41, 5.74) is 4.10. The summed E-state index contributed by atoms with van der Waals surface area (Å²) in [6.45, 7) is 3.54. The number of rotatable bonds is 3. The highest BCUT2D eigenvalue weighted by molar-refractivity contribution is 6.08. The SMILES string of the molecule is CC(Cc1ccc2c(c1)c1ccccc1n2C)C1CN1. The maximum atomic E-state index is 3.42. The average molecular weight is 264 g/mol. The number of nitrogens with zero attached hydrogens (tertiary/aromatic N) is 1. The summed E-state index contributed by atoms with van der Waals surface area (Å²) < 4.78 is 2.29. The minimum absolute atomic E-state index is 0.724. The van der Waals surface area contributed by atoms with Gasteiger partial charge < -0.3 is 9.88 Å². The lowest BCUT2D eigenvalue weighted by Gasteiger charge is -2.09. The molecule has 0 bridgehead atoms. The Bertz CT molecular complexity index is 781. The van der Waals surface area contributed by atoms with E-state index in [1.807, 2.05) is 0 Å². The maximum absolute atomic E-state index is 3.42. The molecule has 1 aliphatic rings. The Balaban J connectivity index is 1.83. The van der Waals surface area contributed by atoms with Crippen LogP contribution in [0.4, 0.5) is 0 Å². The molecular weight excluding hydrogens is 244 g/mol. The minimum atomic E-state index is 0.724. The third-order valence-electron chi connectivity index (χ3n) is 4.66. The topological polar surface area (TPSA) is 26.9 Å². The van der Waals surface area contributed by atoms with Crippen molar-refractivity contribution in [1.29, 1.82) is 0 Å². The van der Waals surface area contributed by atoms with E-state index in [-0.39, 0.29) is 0 Å². The second kappa shape index (κ2) is 4.35. The Morgan fingerprint density at radius 2 is 1.90 bits per heavy atom. The number of fused-ring (bicyclic) bond motifs is 3. The van der Waals surface area contributed by atoms with Crippen LogP contribution in [0.3, 0.4) is 0 Å². The first-order valence-electron chi connectivity index (χ1n) is 7.43. The molecule has 2 heteroatoms. The van der Waals surface area contributed by atoms with Crippen LogP contribution in [0.2, 0.25) is 0 Å². The van der Waals surface area contributed by atoms with Gasteiger partial charge in [0.1, 0.15) is 0 Å². The molecule has 2 unspecified atom stereocenters. The molecule has 0 radical (unpaired) electrons. The van der Waals surface area contributed by atoms with Crippen molar-refractivity contribution in [1.82, 2.24) is 9.88 Å². The first kappa shape index (κ1) is 12.0. The first-order valence-corrected chi connectivity index (χ1v) is 7.43. The lowest BCUT2D eigenvalue weighted by Crippen LogP contribution is -2.09. The smallest absolute Gasteiger partial charge is 0.0488 e. The molecule has 4 rings (SSSR count). The molecule has 0 aliphatic carbocycles. The highest BCUT2D eigenvalue weighted by Gasteiger charge is 2.26. The van der Waals surface area contributed by atoms with Crippen molar-refractivity contribution in [2.45, 2.75) is 19.4 Å². The van der Waals surface area contributed by atoms with Crippen molar-refractivity contribution < 1.29 is 0 Å². The minimum Gasteiger partial charge on any atom is -0.344 e. The van der Waals surface area contributed by atoms with Crippen LogP contribution in [-0.4, -0.2) is 17.2 Å². The molecule has 0 amide bonds. The monoisotopic (exact) mass is 264 g/mol. The molecule has 1 N–H and O–H groups in total. The lowest BCUT2D eigenvalue weighted by molar-refractivity contribution is 0.567. The van der Waals surface area contributed by atoms with Gasteiger partial charge in [-0.1, -0.05) is 31.2 Å². The van der Waals surface area contributed by atoms with Gasteiger partial charge in [0.05, 0.1) is 0 Å². The Kier molecular flexibility index (Phi) is 2.61. The van der Waals surface area contributed by atoms with Crippen molar-refractivity contribution in [2.24, 2.45) is 13.0 Å². The molecule has 0 spiro atoms. The normalized spacial score (nSPS) is 19.6. The van der Waals surface area contributed by atoms with Crippen LogP contribution in [0.25, 0.3) is 21.8 Å². The van der Waals surface area contributed by atoms with Crippen LogP contribution in [-0.2, 0) is 13.5 Å². The second-order valence-electron chi connectivity index (χ2n) is 6.12. The summed E-state index contributed by atoms with van der Waals surface area (Å²) in [5.74, 6) is 0.724. The molecule has 1 aromatic heterocycles. The van der Waals surface area contributed by atoms with Crippen molar-refractivity contribution >= 4 is 21.8 Å². The van der Waals surface area contributed by atoms with Crippen LogP contribution in [0.5, 0.6) is 0 Å². The fourth-order valence-electron chi connectivity index (χ4n) is 3.33. The zero-order valence-electron chi connectivity index (χ0n) is 12.1. The Labute approximate surface area is 119 Å². The van der Waals surface area contributed by atoms with Crippen molar-refractivity contribution in [3.8, 4) is 0 Å². The van der Waals surface area contributed by atoms with Crippen molar-refractivity contribution in [3.05, 3.63) is 48.0 Å². The summed E-state index contributed by atoms with van der Waals surface area (Å²) in [6.07, 6.45) is 1.16. The molecule has 20 heavy (non-hydrogen) atoms. The third kappa shape index (κ3) is 1.83. The van der Waals surface area contributed by atoms with Crippen LogP contribution in [0, 0.1) is 5.92 Å². The largest absolute Gasteiger partial charge is 0.344 e. The molecule has 3 aromatic rings. The molecule has 102 valence electrons. The van der Waals surface area contributed by atoms with Gasteiger partial charge in [-0.3, -0.25) is 0 Å². The molecule has 2 nitrogen and oxygen atoms in total. The van der Waals surface area contributed by atoms with Gasteiger partial charge in [-0.05, 0) is 36.1 Å². The van der Waals surface area contributed by atoms with E-state index in [2.05, 4.69) is 66.3 Å². The second-order valence-corrected chi connectivity index (χ2v) is 6.12. The summed E-state index contributed by atoms with van der Waals surface area (Å²) >= 11 is 0. The predicted octanol–water partition coefficient (Wildman–Crippen LogP) is 3.48. The fourth-order valence-corrected chi connectivity index (χ4v) is 3.33. The van der Waals surface area contributed by atoms with Crippen LogP contribution in [0.15, 0.2) is 42.5 Å². The number of aromatic nitrogens is 1. The van der Waals surface area contributed by atoms with Crippen molar-refractivity contribution in [3.63, 3.8) is 0 Å². The standard InChI is InChI=1S/C18H20N2/c1-12(16-11-19-16)9-13-7-8-18-15(10-13)14-5-3-4-6-17(14)20(18)2/h3-8,10,12,16,19H,9,11H2,1-2H3. The van der Waals surface area contributed by atoms with E-state index in [0.29, 0.717) is 0 Å². The Morgan fingerprint density at radius 3 is 2.70 bits per heavy atom. The van der Waals surface area contributed by atoms with Gasteiger partial charge in [0.2, 0.25) is 0 Å². The molecule has 1 saturated heterocycles. The number of para-hydroxylation sites is 1. The average Bonchev–Trinajstić information content (AvgIpc) is 3.28. The molecule has 2 atom stereocenters. The summed E-state index contributed by atoms with van der Waals surface area (Å²) in [6, 6.07) is 16.4. The summed E-state index contributed by atoms with van der Waals surface area (Å²) in [5, 5.41) is 6.17. The molecule has 0 saturated carbocycles. The van der Waals surface area contributed by atoms with E-state index in [4.69, 9.17) is 0 Å². The molecule has 2 aromatic carbocycles. The number of hydrogen-bond donors (Lipinski definition) is 1. The van der Waals surface area contributed by atoms with Gasteiger partial charge in [0, 0.05) is 41.4 Å². The first-order chi connectivity index (χ1) is 9.74. The van der Waals surface area contributed by atoms with E-state index in [0.717, 1.165) is 18.4 Å². The van der Waals surface area contributed by atoms with Crippen LogP contribution >= 0.6 is 0 Å². The lowest BCUT2D eigenvalue weighted by atomic mass is 9.97. The Hall–Kier alpha value is -1.80. The van der Waals surface area contributed by atoms with Crippen LogP contribution < -0.4 is 5.32 Å². The van der Waals surface area contributed by atoms with E-state index in [1.54, 1.807) is 0 Å². The number of benzene rings is 2. The van der Waals surface area contributed by atoms with Gasteiger partial charge in [-0.15, -0.1) is 0 Å². The van der Waals surface area contributed by atoms with Gasteiger partial charge in [0.15, 0.2) is 0 Å². The molecule has 2 heterocycles.